The lowest BCUT2D eigenvalue weighted by molar-refractivity contribution is -0.159. The lowest BCUT2D eigenvalue weighted by atomic mass is 9.76. The molecular weight excluding hydrogens is 346 g/mol. The average molecular weight is 360 g/mol. The van der Waals surface area contributed by atoms with Gasteiger partial charge in [0.2, 0.25) is 11.8 Å². The summed E-state index contributed by atoms with van der Waals surface area (Å²) in [7, 11) is 0. The fraction of sp³-hybridized carbons (Fsp3) is 0.692. The molecule has 0 unspecified atom stereocenters. The molecule has 1 saturated heterocycles. The van der Waals surface area contributed by atoms with Crippen LogP contribution >= 0.6 is 15.9 Å². The van der Waals surface area contributed by atoms with E-state index in [0.717, 1.165) is 4.90 Å². The molecule has 2 amide bonds. The highest BCUT2D eigenvalue weighted by Gasteiger charge is 2.65. The van der Waals surface area contributed by atoms with E-state index < -0.39 is 35.7 Å². The Hall–Kier alpha value is -1.44. The van der Waals surface area contributed by atoms with Crippen LogP contribution in [-0.2, 0) is 19.2 Å². The molecule has 114 valence electrons. The molecule has 0 spiro atoms. The summed E-state index contributed by atoms with van der Waals surface area (Å²) in [6, 6.07) is -0.547. The van der Waals surface area contributed by atoms with Crippen molar-refractivity contribution in [3.8, 4) is 0 Å². The first-order valence-electron chi connectivity index (χ1n) is 6.79. The normalized spacial score (nSPS) is 41.9. The molecule has 2 saturated carbocycles. The van der Waals surface area contributed by atoms with E-state index in [1.54, 1.807) is 0 Å². The van der Waals surface area contributed by atoms with Crippen LogP contribution in [0, 0.1) is 23.7 Å². The van der Waals surface area contributed by atoms with E-state index in [2.05, 4.69) is 15.9 Å². The number of carbonyl (C=O) groups excluding carboxylic acids is 2. The Morgan fingerprint density at radius 1 is 1.00 bits per heavy atom. The number of carbonyl (C=O) groups is 4. The van der Waals surface area contributed by atoms with E-state index in [1.807, 2.05) is 0 Å². The molecule has 0 aromatic rings. The third-order valence-corrected chi connectivity index (χ3v) is 6.21. The van der Waals surface area contributed by atoms with Crippen LogP contribution in [0.15, 0.2) is 0 Å². The number of hydrogen-bond acceptors (Lipinski definition) is 4. The van der Waals surface area contributed by atoms with Crippen molar-refractivity contribution >= 4 is 39.7 Å². The van der Waals surface area contributed by atoms with Gasteiger partial charge in [0.1, 0.15) is 0 Å². The first kappa shape index (κ1) is 14.5. The van der Waals surface area contributed by atoms with Crippen LogP contribution in [-0.4, -0.2) is 49.7 Å². The highest BCUT2D eigenvalue weighted by Crippen LogP contribution is 2.57. The van der Waals surface area contributed by atoms with Gasteiger partial charge in [0.15, 0.2) is 0 Å². The number of carboxylic acids is 2. The van der Waals surface area contributed by atoms with Crippen molar-refractivity contribution in [3.63, 3.8) is 0 Å². The summed E-state index contributed by atoms with van der Waals surface area (Å²) in [6.45, 7) is 0. The number of imide groups is 1. The standard InChI is InChI=1S/C13H14BrNO6/c14-10-4-3-5(9(13(20)21)8(4)12(18)19)11(10)15-6(16)1-2-7(15)17/h4-5,8-11H,1-3H2,(H,18,19)(H,20,21)/t4-,5+,8-,9+,10+,11-/m0/s1. The second kappa shape index (κ2) is 4.79. The third-order valence-electron chi connectivity index (χ3n) is 4.99. The number of amides is 2. The van der Waals surface area contributed by atoms with E-state index in [-0.39, 0.29) is 35.4 Å². The predicted octanol–water partition coefficient (Wildman–Crippen LogP) is 0.319. The molecule has 2 N–H and O–H groups in total. The van der Waals surface area contributed by atoms with Crippen LogP contribution in [0.2, 0.25) is 0 Å². The zero-order valence-electron chi connectivity index (χ0n) is 10.9. The highest BCUT2D eigenvalue weighted by atomic mass is 79.9. The topological polar surface area (TPSA) is 112 Å². The second-order valence-electron chi connectivity index (χ2n) is 5.88. The van der Waals surface area contributed by atoms with Gasteiger partial charge in [-0.3, -0.25) is 24.1 Å². The summed E-state index contributed by atoms with van der Waals surface area (Å²) in [4.78, 5) is 47.5. The van der Waals surface area contributed by atoms with Crippen LogP contribution in [0.4, 0.5) is 0 Å². The maximum absolute atomic E-state index is 11.9. The summed E-state index contributed by atoms with van der Waals surface area (Å²) in [6.07, 6.45) is 0.699. The molecule has 1 heterocycles. The zero-order chi connectivity index (χ0) is 15.5. The number of carboxylic acid groups (broad SMARTS) is 2. The molecular formula is C13H14BrNO6. The quantitative estimate of drug-likeness (QED) is 0.554. The predicted molar refractivity (Wildman–Crippen MR) is 71.4 cm³/mol. The van der Waals surface area contributed by atoms with Crippen LogP contribution in [0.1, 0.15) is 19.3 Å². The van der Waals surface area contributed by atoms with E-state index in [9.17, 15) is 29.4 Å². The minimum Gasteiger partial charge on any atom is -0.481 e. The zero-order valence-corrected chi connectivity index (χ0v) is 12.5. The summed E-state index contributed by atoms with van der Waals surface area (Å²) < 4.78 is 0. The van der Waals surface area contributed by atoms with Gasteiger partial charge in [-0.15, -0.1) is 0 Å². The number of halogens is 1. The van der Waals surface area contributed by atoms with Crippen molar-refractivity contribution in [3.05, 3.63) is 0 Å². The summed E-state index contributed by atoms with van der Waals surface area (Å²) in [5.74, 6) is -5.77. The van der Waals surface area contributed by atoms with Crippen molar-refractivity contribution in [2.75, 3.05) is 0 Å². The molecule has 21 heavy (non-hydrogen) atoms. The molecule has 3 aliphatic rings. The molecule has 3 fully saturated rings. The molecule has 0 radical (unpaired) electrons. The first-order valence-corrected chi connectivity index (χ1v) is 7.70. The number of alkyl halides is 1. The molecule has 7 nitrogen and oxygen atoms in total. The Morgan fingerprint density at radius 2 is 1.48 bits per heavy atom. The van der Waals surface area contributed by atoms with Gasteiger partial charge >= 0.3 is 11.9 Å². The second-order valence-corrected chi connectivity index (χ2v) is 6.94. The number of aliphatic carboxylic acids is 2. The highest BCUT2D eigenvalue weighted by molar-refractivity contribution is 9.09. The van der Waals surface area contributed by atoms with Crippen molar-refractivity contribution in [1.82, 2.24) is 4.90 Å². The Balaban J connectivity index is 1.96. The maximum Gasteiger partial charge on any atom is 0.307 e. The molecule has 6 atom stereocenters. The smallest absolute Gasteiger partial charge is 0.307 e. The van der Waals surface area contributed by atoms with Gasteiger partial charge < -0.3 is 10.2 Å². The number of hydrogen-bond donors (Lipinski definition) is 2. The van der Waals surface area contributed by atoms with Gasteiger partial charge in [0.25, 0.3) is 0 Å². The van der Waals surface area contributed by atoms with Gasteiger partial charge in [-0.1, -0.05) is 15.9 Å². The lowest BCUT2D eigenvalue weighted by Crippen LogP contribution is -2.54. The summed E-state index contributed by atoms with van der Waals surface area (Å²) >= 11 is 3.41. The van der Waals surface area contributed by atoms with E-state index in [4.69, 9.17) is 0 Å². The minimum atomic E-state index is -1.17. The van der Waals surface area contributed by atoms with Gasteiger partial charge in [-0.05, 0) is 18.3 Å². The largest absolute Gasteiger partial charge is 0.481 e. The van der Waals surface area contributed by atoms with Crippen LogP contribution in [0.3, 0.4) is 0 Å². The molecule has 8 heteroatoms. The molecule has 2 bridgehead atoms. The average Bonchev–Trinajstić information content (AvgIpc) is 3.02. The fourth-order valence-corrected chi connectivity index (χ4v) is 5.42. The molecule has 0 aromatic carbocycles. The minimum absolute atomic E-state index is 0.145. The molecule has 1 aliphatic heterocycles. The lowest BCUT2D eigenvalue weighted by Gasteiger charge is -2.38. The van der Waals surface area contributed by atoms with Crippen LogP contribution in [0.5, 0.6) is 0 Å². The van der Waals surface area contributed by atoms with Gasteiger partial charge in [0.05, 0.1) is 17.9 Å². The van der Waals surface area contributed by atoms with E-state index in [0.29, 0.717) is 6.42 Å². The Labute approximate surface area is 128 Å². The number of nitrogens with zero attached hydrogens (tertiary/aromatic N) is 1. The van der Waals surface area contributed by atoms with Crippen LogP contribution < -0.4 is 0 Å². The fourth-order valence-electron chi connectivity index (χ4n) is 4.24. The monoisotopic (exact) mass is 359 g/mol. The van der Waals surface area contributed by atoms with Crippen LogP contribution in [0.25, 0.3) is 0 Å². The van der Waals surface area contributed by atoms with Crippen molar-refractivity contribution in [1.29, 1.82) is 0 Å². The first-order chi connectivity index (χ1) is 9.84. The SMILES string of the molecule is O=C(O)[C@@H]1[C@H]2C[C@H]([C@@H](Br)[C@H]2N2C(=O)CCC2=O)[C@@H]1C(=O)O. The van der Waals surface area contributed by atoms with Gasteiger partial charge in [-0.25, -0.2) is 0 Å². The Morgan fingerprint density at radius 3 is 1.95 bits per heavy atom. The Bertz CT molecular complexity index is 533. The van der Waals surface area contributed by atoms with Crippen molar-refractivity contribution in [2.24, 2.45) is 23.7 Å². The number of rotatable bonds is 3. The van der Waals surface area contributed by atoms with E-state index in [1.165, 1.54) is 0 Å². The van der Waals surface area contributed by atoms with Gasteiger partial charge in [-0.2, -0.15) is 0 Å². The maximum atomic E-state index is 11.9. The van der Waals surface area contributed by atoms with E-state index >= 15 is 0 Å². The Kier molecular flexibility index (Phi) is 3.31. The summed E-state index contributed by atoms with van der Waals surface area (Å²) in [5.41, 5.74) is 0. The van der Waals surface area contributed by atoms with Crippen molar-refractivity contribution in [2.45, 2.75) is 30.1 Å². The third kappa shape index (κ3) is 1.91. The molecule has 2 aliphatic carbocycles. The summed E-state index contributed by atoms with van der Waals surface area (Å²) in [5, 5.41) is 18.7. The van der Waals surface area contributed by atoms with Crippen molar-refractivity contribution < 1.29 is 29.4 Å². The van der Waals surface area contributed by atoms with Gasteiger partial charge in [0, 0.05) is 17.7 Å². The molecule has 3 rings (SSSR count). The number of likely N-dealkylation sites (tertiary alicyclic amines) is 1. The molecule has 0 aromatic heterocycles. The number of fused-ring (bicyclic) bond motifs is 2.